The van der Waals surface area contributed by atoms with Crippen LogP contribution in [0.4, 0.5) is 11.4 Å². The third kappa shape index (κ3) is 5.99. The summed E-state index contributed by atoms with van der Waals surface area (Å²) >= 11 is 0. The first-order chi connectivity index (χ1) is 20.7. The number of nitrogens with zero attached hydrogens (tertiary/aromatic N) is 1. The number of anilines is 2. The highest BCUT2D eigenvalue weighted by atomic mass is 16.8. The molecule has 43 heavy (non-hydrogen) atoms. The predicted molar refractivity (Wildman–Crippen MR) is 157 cm³/mol. The van der Waals surface area contributed by atoms with Crippen molar-refractivity contribution in [2.75, 3.05) is 45.5 Å². The van der Waals surface area contributed by atoms with E-state index >= 15 is 0 Å². The van der Waals surface area contributed by atoms with Gasteiger partial charge in [0.15, 0.2) is 11.6 Å². The number of carbonyl (C=O) groups excluding carboxylic acids is 3. The first-order valence-electron chi connectivity index (χ1n) is 14.3. The van der Waals surface area contributed by atoms with E-state index in [2.05, 4.69) is 0 Å². The molecule has 0 radical (unpaired) electrons. The van der Waals surface area contributed by atoms with E-state index in [-0.39, 0.29) is 29.3 Å². The molecule has 228 valence electrons. The van der Waals surface area contributed by atoms with Crippen molar-refractivity contribution in [1.82, 2.24) is 0 Å². The number of carbonyl (C=O) groups is 3. The van der Waals surface area contributed by atoms with Crippen LogP contribution < -0.4 is 4.90 Å². The minimum absolute atomic E-state index is 0.180. The number of hydrogen-bond acceptors (Lipinski definition) is 9. The zero-order chi connectivity index (χ0) is 30.6. The van der Waals surface area contributed by atoms with E-state index in [4.69, 9.17) is 28.4 Å². The Labute approximate surface area is 251 Å². The predicted octanol–water partition coefficient (Wildman–Crippen LogP) is 4.55. The van der Waals surface area contributed by atoms with E-state index in [1.807, 2.05) is 0 Å². The molecular weight excluding hydrogens is 554 g/mol. The molecule has 0 saturated carbocycles. The van der Waals surface area contributed by atoms with Crippen LogP contribution in [0.5, 0.6) is 0 Å². The molecule has 1 aliphatic carbocycles. The lowest BCUT2D eigenvalue weighted by Gasteiger charge is -2.47. The molecule has 2 fully saturated rings. The summed E-state index contributed by atoms with van der Waals surface area (Å²) in [4.78, 5) is 41.6. The maximum absolute atomic E-state index is 14.7. The molecule has 2 unspecified atom stereocenters. The van der Waals surface area contributed by atoms with Crippen molar-refractivity contribution >= 4 is 28.8 Å². The second-order valence-electron chi connectivity index (χ2n) is 10.7. The summed E-state index contributed by atoms with van der Waals surface area (Å²) in [6, 6.07) is 13.6. The SMILES string of the molecule is COC1(OC)C=CC(C(=O)N(c2ccccc2C(C)=O)c2ccccc2C(C)=O)=CC1(OC1CCOC1)OC1CCOC1. The van der Waals surface area contributed by atoms with E-state index in [1.165, 1.54) is 33.0 Å². The van der Waals surface area contributed by atoms with Crippen molar-refractivity contribution < 1.29 is 42.8 Å². The van der Waals surface area contributed by atoms with Gasteiger partial charge in [-0.15, -0.1) is 0 Å². The second-order valence-corrected chi connectivity index (χ2v) is 10.7. The number of amides is 1. The summed E-state index contributed by atoms with van der Waals surface area (Å²) in [5, 5.41) is 0. The van der Waals surface area contributed by atoms with Gasteiger partial charge in [0, 0.05) is 44.1 Å². The monoisotopic (exact) mass is 591 g/mol. The van der Waals surface area contributed by atoms with Crippen LogP contribution >= 0.6 is 0 Å². The quantitative estimate of drug-likeness (QED) is 0.275. The van der Waals surface area contributed by atoms with Crippen LogP contribution in [-0.2, 0) is 33.2 Å². The Kier molecular flexibility index (Phi) is 9.36. The number of Topliss-reactive ketones (excluding diaryl/α,β-unsaturated/α-hetero) is 2. The van der Waals surface area contributed by atoms with E-state index < -0.39 is 17.5 Å². The molecule has 0 N–H and O–H groups in total. The lowest BCUT2D eigenvalue weighted by atomic mass is 9.92. The largest absolute Gasteiger partial charge is 0.379 e. The van der Waals surface area contributed by atoms with Crippen LogP contribution in [0.1, 0.15) is 47.4 Å². The Bertz CT molecular complexity index is 1340. The van der Waals surface area contributed by atoms with Gasteiger partial charge in [-0.3, -0.25) is 19.3 Å². The summed E-state index contributed by atoms with van der Waals surface area (Å²) in [5.41, 5.74) is 1.49. The van der Waals surface area contributed by atoms with Gasteiger partial charge in [-0.2, -0.15) is 0 Å². The van der Waals surface area contributed by atoms with Crippen molar-refractivity contribution in [3.05, 3.63) is 83.5 Å². The van der Waals surface area contributed by atoms with Gasteiger partial charge in [0.25, 0.3) is 5.91 Å². The third-order valence-electron chi connectivity index (χ3n) is 7.88. The number of hydrogen-bond donors (Lipinski definition) is 0. The molecule has 1 amide bonds. The van der Waals surface area contributed by atoms with Crippen molar-refractivity contribution in [2.45, 2.75) is 50.5 Å². The highest BCUT2D eigenvalue weighted by Crippen LogP contribution is 2.44. The Balaban J connectivity index is 1.69. The molecule has 0 bridgehead atoms. The average molecular weight is 592 g/mol. The van der Waals surface area contributed by atoms with Crippen LogP contribution in [0.3, 0.4) is 0 Å². The Morgan fingerprint density at radius 1 is 0.767 bits per heavy atom. The first kappa shape index (κ1) is 30.9. The Morgan fingerprint density at radius 2 is 1.26 bits per heavy atom. The summed E-state index contributed by atoms with van der Waals surface area (Å²) < 4.78 is 36.3. The number of rotatable bonds is 11. The third-order valence-corrected chi connectivity index (χ3v) is 7.88. The summed E-state index contributed by atoms with van der Waals surface area (Å²) in [7, 11) is 2.95. The lowest BCUT2D eigenvalue weighted by Crippen LogP contribution is -2.62. The second kappa shape index (κ2) is 13.0. The van der Waals surface area contributed by atoms with Crippen molar-refractivity contribution in [2.24, 2.45) is 0 Å². The lowest BCUT2D eigenvalue weighted by molar-refractivity contribution is -0.378. The van der Waals surface area contributed by atoms with E-state index in [0.29, 0.717) is 61.8 Å². The Hall–Kier alpha value is -3.51. The summed E-state index contributed by atoms with van der Waals surface area (Å²) in [5.74, 6) is -4.24. The maximum atomic E-state index is 14.7. The van der Waals surface area contributed by atoms with Crippen LogP contribution in [0, 0.1) is 0 Å². The fourth-order valence-electron chi connectivity index (χ4n) is 5.68. The smallest absolute Gasteiger partial charge is 0.262 e. The molecule has 2 heterocycles. The molecule has 5 rings (SSSR count). The molecule has 2 aromatic rings. The molecule has 10 nitrogen and oxygen atoms in total. The van der Waals surface area contributed by atoms with E-state index in [1.54, 1.807) is 66.8 Å². The van der Waals surface area contributed by atoms with Gasteiger partial charge in [0.2, 0.25) is 11.6 Å². The average Bonchev–Trinajstić information content (AvgIpc) is 3.72. The molecule has 2 saturated heterocycles. The van der Waals surface area contributed by atoms with Gasteiger partial charge in [0.05, 0.1) is 36.8 Å². The normalized spacial score (nSPS) is 24.5. The highest BCUT2D eigenvalue weighted by Gasteiger charge is 2.58. The number of ketones is 2. The van der Waals surface area contributed by atoms with Crippen LogP contribution in [0.15, 0.2) is 72.3 Å². The summed E-state index contributed by atoms with van der Waals surface area (Å²) in [6.45, 7) is 4.57. The van der Waals surface area contributed by atoms with Gasteiger partial charge >= 0.3 is 0 Å². The van der Waals surface area contributed by atoms with Crippen molar-refractivity contribution in [1.29, 1.82) is 0 Å². The van der Waals surface area contributed by atoms with Crippen molar-refractivity contribution in [3.8, 4) is 0 Å². The zero-order valence-corrected chi connectivity index (χ0v) is 24.9. The number of para-hydroxylation sites is 2. The van der Waals surface area contributed by atoms with Gasteiger partial charge in [0.1, 0.15) is 0 Å². The molecule has 0 spiro atoms. The minimum Gasteiger partial charge on any atom is -0.379 e. The molecule has 2 aromatic carbocycles. The van der Waals surface area contributed by atoms with Crippen molar-refractivity contribution in [3.63, 3.8) is 0 Å². The molecule has 10 heteroatoms. The van der Waals surface area contributed by atoms with Gasteiger partial charge in [-0.1, -0.05) is 24.3 Å². The van der Waals surface area contributed by atoms with Crippen LogP contribution in [0.25, 0.3) is 0 Å². The molecule has 3 aliphatic rings. The summed E-state index contributed by atoms with van der Waals surface area (Å²) in [6.07, 6.45) is 5.24. The van der Waals surface area contributed by atoms with E-state index in [9.17, 15) is 14.4 Å². The van der Waals surface area contributed by atoms with Crippen LogP contribution in [-0.4, -0.2) is 81.9 Å². The van der Waals surface area contributed by atoms with Gasteiger partial charge in [-0.25, -0.2) is 0 Å². The zero-order valence-electron chi connectivity index (χ0n) is 24.9. The molecule has 2 atom stereocenters. The van der Waals surface area contributed by atoms with E-state index in [0.717, 1.165) is 0 Å². The van der Waals surface area contributed by atoms with Gasteiger partial charge in [-0.05, 0) is 69.2 Å². The standard InChI is InChI=1S/C33H37NO9/c1-22(35)27-9-5-7-11-29(27)34(30-12-8-6-10-28(30)23(2)36)31(37)24-13-16-32(38-3,39-4)33(19-24,42-25-14-17-40-20-25)43-26-15-18-41-21-26/h5-13,16,19,25-26H,14-15,17-18,20-21H2,1-4H3. The maximum Gasteiger partial charge on any atom is 0.262 e. The fraction of sp³-hybridized carbons (Fsp3) is 0.424. The molecule has 2 aliphatic heterocycles. The Morgan fingerprint density at radius 3 is 1.67 bits per heavy atom. The molecular formula is C33H37NO9. The highest BCUT2D eigenvalue weighted by molar-refractivity contribution is 6.17. The topological polar surface area (TPSA) is 110 Å². The fourth-order valence-corrected chi connectivity index (χ4v) is 5.68. The first-order valence-corrected chi connectivity index (χ1v) is 14.3. The molecule has 0 aromatic heterocycles. The minimum atomic E-state index is -1.71. The van der Waals surface area contributed by atoms with Crippen LogP contribution in [0.2, 0.25) is 0 Å². The number of methoxy groups -OCH3 is 2. The van der Waals surface area contributed by atoms with Gasteiger partial charge < -0.3 is 28.4 Å². The number of ether oxygens (including phenoxy) is 6. The number of benzene rings is 2.